The largest absolute Gasteiger partial charge is 0.493 e. The van der Waals surface area contributed by atoms with E-state index in [1.807, 2.05) is 37.1 Å². The Bertz CT molecular complexity index is 1650. The Hall–Kier alpha value is -4.31. The summed E-state index contributed by atoms with van der Waals surface area (Å²) < 4.78 is 12.0. The van der Waals surface area contributed by atoms with Crippen LogP contribution in [0.25, 0.3) is 38.4 Å². The molecule has 6 rings (SSSR count). The van der Waals surface area contributed by atoms with Gasteiger partial charge in [-0.3, -0.25) is 4.79 Å². The zero-order chi connectivity index (χ0) is 25.4. The second kappa shape index (κ2) is 9.62. The van der Waals surface area contributed by atoms with E-state index in [1.54, 1.807) is 6.08 Å². The average Bonchev–Trinajstić information content (AvgIpc) is 3.34. The Morgan fingerprint density at radius 1 is 0.946 bits per heavy atom. The summed E-state index contributed by atoms with van der Waals surface area (Å²) in [7, 11) is 0. The van der Waals surface area contributed by atoms with Crippen LogP contribution in [0, 0.1) is 0 Å². The third kappa shape index (κ3) is 4.29. The first-order valence-electron chi connectivity index (χ1n) is 12.8. The normalized spacial score (nSPS) is 13.7. The molecule has 5 aromatic rings. The highest BCUT2D eigenvalue weighted by molar-refractivity contribution is 6.06. The van der Waals surface area contributed by atoms with Gasteiger partial charge >= 0.3 is 0 Å². The molecule has 0 unspecified atom stereocenters. The van der Waals surface area contributed by atoms with E-state index in [1.165, 1.54) is 21.9 Å². The molecule has 0 atom stereocenters. The van der Waals surface area contributed by atoms with Crippen LogP contribution in [0.15, 0.2) is 95.6 Å². The predicted octanol–water partition coefficient (Wildman–Crippen LogP) is 7.64. The van der Waals surface area contributed by atoms with Crippen LogP contribution < -0.4 is 4.74 Å². The molecule has 0 saturated carbocycles. The summed E-state index contributed by atoms with van der Waals surface area (Å²) in [6.07, 6.45) is 4.45. The molecule has 0 fully saturated rings. The zero-order valence-electron chi connectivity index (χ0n) is 21.2. The average molecular weight is 488 g/mol. The van der Waals surface area contributed by atoms with Crippen LogP contribution in [-0.2, 0) is 17.8 Å². The molecular weight excluding hydrogens is 458 g/mol. The zero-order valence-corrected chi connectivity index (χ0v) is 21.2. The molecule has 0 bridgehead atoms. The van der Waals surface area contributed by atoms with Crippen LogP contribution in [0.1, 0.15) is 30.5 Å². The van der Waals surface area contributed by atoms with E-state index in [0.717, 1.165) is 51.9 Å². The molecule has 4 nitrogen and oxygen atoms in total. The van der Waals surface area contributed by atoms with Crippen molar-refractivity contribution in [1.29, 1.82) is 0 Å². The van der Waals surface area contributed by atoms with E-state index in [4.69, 9.17) is 9.15 Å². The van der Waals surface area contributed by atoms with Gasteiger partial charge in [0.05, 0.1) is 12.9 Å². The molecule has 2 heterocycles. The molecule has 1 aliphatic heterocycles. The maximum atomic E-state index is 13.3. The summed E-state index contributed by atoms with van der Waals surface area (Å²) in [5.41, 5.74) is 7.25. The van der Waals surface area contributed by atoms with Crippen molar-refractivity contribution in [2.45, 2.75) is 26.8 Å². The van der Waals surface area contributed by atoms with Crippen molar-refractivity contribution in [3.8, 4) is 16.9 Å². The van der Waals surface area contributed by atoms with E-state index in [2.05, 4.69) is 66.7 Å². The van der Waals surface area contributed by atoms with Crippen LogP contribution >= 0.6 is 0 Å². The first kappa shape index (κ1) is 23.1. The lowest BCUT2D eigenvalue weighted by molar-refractivity contribution is -0.126. The Balaban J connectivity index is 1.40. The second-order valence-electron chi connectivity index (χ2n) is 9.56. The third-order valence-corrected chi connectivity index (χ3v) is 7.26. The van der Waals surface area contributed by atoms with Crippen LogP contribution in [0.5, 0.6) is 5.75 Å². The quantitative estimate of drug-likeness (QED) is 0.239. The van der Waals surface area contributed by atoms with Gasteiger partial charge in [-0.25, -0.2) is 0 Å². The fraction of sp³-hybridized carbons (Fsp3) is 0.182. The Kier molecular flexibility index (Phi) is 6.01. The fourth-order valence-corrected chi connectivity index (χ4v) is 5.35. The molecule has 0 radical (unpaired) electrons. The highest BCUT2D eigenvalue weighted by Crippen LogP contribution is 2.39. The number of carbonyl (C=O) groups is 1. The summed E-state index contributed by atoms with van der Waals surface area (Å²) in [6.45, 7) is 5.84. The smallest absolute Gasteiger partial charge is 0.247 e. The summed E-state index contributed by atoms with van der Waals surface area (Å²) in [5, 5.41) is 3.36. The van der Waals surface area contributed by atoms with Crippen LogP contribution in [0.2, 0.25) is 0 Å². The highest BCUT2D eigenvalue weighted by atomic mass is 16.5. The van der Waals surface area contributed by atoms with Crippen LogP contribution in [0.4, 0.5) is 0 Å². The number of hydrogen-bond donors (Lipinski definition) is 0. The maximum absolute atomic E-state index is 13.3. The monoisotopic (exact) mass is 487 g/mol. The van der Waals surface area contributed by atoms with Crippen molar-refractivity contribution < 1.29 is 13.9 Å². The number of carbonyl (C=O) groups excluding carboxylic acids is 1. The first-order chi connectivity index (χ1) is 18.1. The Morgan fingerprint density at radius 2 is 1.73 bits per heavy atom. The minimum Gasteiger partial charge on any atom is -0.493 e. The van der Waals surface area contributed by atoms with Gasteiger partial charge in [0.1, 0.15) is 11.3 Å². The number of hydrogen-bond acceptors (Lipinski definition) is 3. The topological polar surface area (TPSA) is 42.7 Å². The molecule has 0 saturated heterocycles. The van der Waals surface area contributed by atoms with Gasteiger partial charge in [-0.15, -0.1) is 0 Å². The Morgan fingerprint density at radius 3 is 2.59 bits per heavy atom. The van der Waals surface area contributed by atoms with Crippen molar-refractivity contribution in [2.24, 2.45) is 0 Å². The van der Waals surface area contributed by atoms with Crippen molar-refractivity contribution in [3.63, 3.8) is 0 Å². The number of ether oxygens (including phenoxy) is 1. The molecule has 0 aliphatic carbocycles. The van der Waals surface area contributed by atoms with Crippen LogP contribution in [0.3, 0.4) is 0 Å². The standard InChI is InChI=1S/C33H29NO3/c1-3-36-31-19-32-29(30(21-37-32)27-14-8-12-24-10-6-7-13-26(24)27)18-28(31)22(2)17-33(35)34-16-15-23-9-4-5-11-25(23)20-34/h4-14,17-19,21H,3,15-16,20H2,1-2H3/b22-17+. The molecule has 4 aromatic carbocycles. The van der Waals surface area contributed by atoms with E-state index >= 15 is 0 Å². The number of amides is 1. The van der Waals surface area contributed by atoms with E-state index in [9.17, 15) is 4.79 Å². The molecule has 0 spiro atoms. The van der Waals surface area contributed by atoms with E-state index in [0.29, 0.717) is 13.2 Å². The van der Waals surface area contributed by atoms with E-state index < -0.39 is 0 Å². The molecule has 37 heavy (non-hydrogen) atoms. The van der Waals surface area contributed by atoms with Crippen molar-refractivity contribution >= 4 is 33.2 Å². The van der Waals surface area contributed by atoms with Crippen molar-refractivity contribution in [1.82, 2.24) is 4.90 Å². The highest BCUT2D eigenvalue weighted by Gasteiger charge is 2.21. The molecule has 4 heteroatoms. The van der Waals surface area contributed by atoms with Crippen molar-refractivity contribution in [3.05, 3.63) is 108 Å². The molecular formula is C33H29NO3. The lowest BCUT2D eigenvalue weighted by Gasteiger charge is -2.28. The molecule has 184 valence electrons. The summed E-state index contributed by atoms with van der Waals surface area (Å²) in [4.78, 5) is 15.2. The summed E-state index contributed by atoms with van der Waals surface area (Å²) >= 11 is 0. The van der Waals surface area contributed by atoms with Gasteiger partial charge < -0.3 is 14.1 Å². The van der Waals surface area contributed by atoms with Gasteiger partial charge in [0.2, 0.25) is 5.91 Å². The lowest BCUT2D eigenvalue weighted by atomic mass is 9.95. The van der Waals surface area contributed by atoms with Gasteiger partial charge in [0, 0.05) is 41.7 Å². The third-order valence-electron chi connectivity index (χ3n) is 7.26. The van der Waals surface area contributed by atoms with Gasteiger partial charge in [0.15, 0.2) is 0 Å². The number of rotatable bonds is 5. The second-order valence-corrected chi connectivity index (χ2v) is 9.56. The molecule has 1 amide bonds. The van der Waals surface area contributed by atoms with Gasteiger partial charge in [-0.2, -0.15) is 0 Å². The molecule has 1 aliphatic rings. The number of allylic oxidation sites excluding steroid dienone is 1. The minimum atomic E-state index is 0.0241. The lowest BCUT2D eigenvalue weighted by Crippen LogP contribution is -2.34. The fourth-order valence-electron chi connectivity index (χ4n) is 5.35. The van der Waals surface area contributed by atoms with Crippen molar-refractivity contribution in [2.75, 3.05) is 13.2 Å². The number of fused-ring (bicyclic) bond motifs is 3. The molecule has 1 aromatic heterocycles. The number of furan rings is 1. The SMILES string of the molecule is CCOc1cc2occ(-c3cccc4ccccc34)c2cc1/C(C)=C/C(=O)N1CCc2ccccc2C1. The number of benzene rings is 4. The Labute approximate surface area is 216 Å². The van der Waals surface area contributed by atoms with Crippen LogP contribution in [-0.4, -0.2) is 24.0 Å². The maximum Gasteiger partial charge on any atom is 0.247 e. The van der Waals surface area contributed by atoms with Gasteiger partial charge in [0.25, 0.3) is 0 Å². The summed E-state index contributed by atoms with van der Waals surface area (Å²) in [6, 6.07) is 27.1. The predicted molar refractivity (Wildman–Crippen MR) is 150 cm³/mol. The first-order valence-corrected chi connectivity index (χ1v) is 12.8. The number of nitrogens with zero attached hydrogens (tertiary/aromatic N) is 1. The summed E-state index contributed by atoms with van der Waals surface area (Å²) in [5.74, 6) is 0.746. The van der Waals surface area contributed by atoms with Gasteiger partial charge in [-0.05, 0) is 59.4 Å². The molecule has 0 N–H and O–H groups in total. The van der Waals surface area contributed by atoms with E-state index in [-0.39, 0.29) is 5.91 Å². The minimum absolute atomic E-state index is 0.0241. The van der Waals surface area contributed by atoms with Gasteiger partial charge in [-0.1, -0.05) is 66.7 Å².